The van der Waals surface area contributed by atoms with Gasteiger partial charge >= 0.3 is 31.5 Å². The minimum Gasteiger partial charge on any atom is -0.468 e. The minimum atomic E-state index is -4.27. The van der Waals surface area contributed by atoms with E-state index in [-0.39, 0.29) is 30.7 Å². The van der Waals surface area contributed by atoms with Gasteiger partial charge in [-0.15, -0.1) is 0 Å². The van der Waals surface area contributed by atoms with Crippen LogP contribution in [0.1, 0.15) is 66.5 Å². The smallest absolute Gasteiger partial charge is 0.468 e. The second-order valence-electron chi connectivity index (χ2n) is 12.5. The predicted molar refractivity (Wildman–Crippen MR) is 159 cm³/mol. The van der Waals surface area contributed by atoms with Crippen molar-refractivity contribution in [3.8, 4) is 0 Å². The molecule has 5 unspecified atom stereocenters. The van der Waals surface area contributed by atoms with Gasteiger partial charge < -0.3 is 33.5 Å². The zero-order chi connectivity index (χ0) is 33.1. The Morgan fingerprint density at radius 3 is 2.13 bits per heavy atom. The van der Waals surface area contributed by atoms with Crippen molar-refractivity contribution in [2.75, 3.05) is 26.1 Å². The molecule has 3 fully saturated rings. The SMILES string of the molecule is COC(=O)C(CC(C)C)NP(=O)(NC(CC(C)C)C(=O)OC)OC[C@H]1OC(n2ccc(NC3CC3)nc2=O)C2(C)OC(=O)OC12. The molecule has 3 heterocycles. The van der Waals surface area contributed by atoms with Crippen molar-refractivity contribution in [2.45, 2.75) is 102 Å². The van der Waals surface area contributed by atoms with Gasteiger partial charge in [-0.2, -0.15) is 4.98 Å². The Morgan fingerprint density at radius 1 is 1.07 bits per heavy atom. The lowest BCUT2D eigenvalue weighted by Gasteiger charge is -2.30. The number of carbonyl (C=O) groups excluding carboxylic acids is 3. The molecule has 1 saturated carbocycles. The van der Waals surface area contributed by atoms with Crippen LogP contribution in [0, 0.1) is 11.8 Å². The number of nitrogens with one attached hydrogen (secondary N) is 3. The molecule has 0 radical (unpaired) electrons. The third-order valence-corrected chi connectivity index (χ3v) is 9.51. The number of methoxy groups -OCH3 is 2. The average molecular weight is 658 g/mol. The van der Waals surface area contributed by atoms with Crippen LogP contribution in [0.2, 0.25) is 0 Å². The maximum atomic E-state index is 14.4. The fourth-order valence-electron chi connectivity index (χ4n) is 5.40. The lowest BCUT2D eigenvalue weighted by atomic mass is 9.96. The quantitative estimate of drug-likeness (QED) is 0.133. The number of carbonyl (C=O) groups is 3. The van der Waals surface area contributed by atoms with Crippen LogP contribution in [0.5, 0.6) is 0 Å². The van der Waals surface area contributed by atoms with E-state index in [1.54, 1.807) is 13.0 Å². The summed E-state index contributed by atoms with van der Waals surface area (Å²) in [6.45, 7) is 8.59. The number of rotatable bonds is 16. The number of ether oxygens (including phenoxy) is 5. The Balaban J connectivity index is 1.60. The summed E-state index contributed by atoms with van der Waals surface area (Å²) in [5.41, 5.74) is -2.11. The Morgan fingerprint density at radius 2 is 1.64 bits per heavy atom. The maximum absolute atomic E-state index is 14.4. The molecule has 3 N–H and O–H groups in total. The average Bonchev–Trinajstić information content (AvgIpc) is 3.66. The van der Waals surface area contributed by atoms with E-state index >= 15 is 0 Å². The first-order valence-corrected chi connectivity index (χ1v) is 16.7. The Bertz CT molecular complexity index is 1320. The monoisotopic (exact) mass is 657 g/mol. The van der Waals surface area contributed by atoms with Crippen LogP contribution in [0.4, 0.5) is 10.6 Å². The summed E-state index contributed by atoms with van der Waals surface area (Å²) in [6.07, 6.45) is -0.334. The van der Waals surface area contributed by atoms with Gasteiger partial charge in [0.2, 0.25) is 0 Å². The van der Waals surface area contributed by atoms with E-state index in [0.717, 1.165) is 12.8 Å². The second kappa shape index (κ2) is 14.2. The number of anilines is 1. The van der Waals surface area contributed by atoms with E-state index in [9.17, 15) is 23.7 Å². The van der Waals surface area contributed by atoms with E-state index in [1.165, 1.54) is 25.0 Å². The molecule has 0 bridgehead atoms. The van der Waals surface area contributed by atoms with Gasteiger partial charge in [0, 0.05) is 12.2 Å². The van der Waals surface area contributed by atoms with Crippen LogP contribution in [-0.2, 0) is 42.4 Å². The molecule has 1 aromatic heterocycles. The van der Waals surface area contributed by atoms with E-state index in [2.05, 4.69) is 20.5 Å². The van der Waals surface area contributed by atoms with Crippen LogP contribution < -0.4 is 21.2 Å². The number of hydrogen-bond donors (Lipinski definition) is 3. The lowest BCUT2D eigenvalue weighted by Crippen LogP contribution is -2.46. The van der Waals surface area contributed by atoms with Crippen LogP contribution >= 0.6 is 7.67 Å². The molecule has 1 aromatic rings. The molecule has 2 aliphatic heterocycles. The van der Waals surface area contributed by atoms with Crippen LogP contribution in [-0.4, -0.2) is 84.4 Å². The van der Waals surface area contributed by atoms with E-state index in [0.29, 0.717) is 5.82 Å². The summed E-state index contributed by atoms with van der Waals surface area (Å²) in [5, 5.41) is 8.65. The summed E-state index contributed by atoms with van der Waals surface area (Å²) in [4.78, 5) is 54.8. The molecule has 6 atom stereocenters. The summed E-state index contributed by atoms with van der Waals surface area (Å²) >= 11 is 0. The first kappa shape index (κ1) is 34.8. The number of esters is 2. The second-order valence-corrected chi connectivity index (χ2v) is 14.4. The van der Waals surface area contributed by atoms with Gasteiger partial charge in [0.05, 0.1) is 20.8 Å². The summed E-state index contributed by atoms with van der Waals surface area (Å²) in [5.74, 6) is -0.951. The van der Waals surface area contributed by atoms with Crippen molar-refractivity contribution < 1.29 is 47.2 Å². The molecule has 45 heavy (non-hydrogen) atoms. The van der Waals surface area contributed by atoms with Gasteiger partial charge in [-0.25, -0.2) is 19.8 Å². The Labute approximate surface area is 261 Å². The minimum absolute atomic E-state index is 0.00501. The van der Waals surface area contributed by atoms with Crippen molar-refractivity contribution in [1.29, 1.82) is 0 Å². The maximum Gasteiger partial charge on any atom is 0.509 e. The molecule has 16 nitrogen and oxygen atoms in total. The van der Waals surface area contributed by atoms with E-state index < -0.39 is 74.2 Å². The topological polar surface area (TPSA) is 195 Å². The highest BCUT2D eigenvalue weighted by Gasteiger charge is 2.64. The van der Waals surface area contributed by atoms with Crippen molar-refractivity contribution in [2.24, 2.45) is 11.8 Å². The Hall–Kier alpha value is -3.04. The third-order valence-electron chi connectivity index (χ3n) is 7.69. The Kier molecular flexibility index (Phi) is 11.0. The molecule has 2 saturated heterocycles. The molecule has 1 aliphatic carbocycles. The molecule has 4 rings (SSSR count). The zero-order valence-corrected chi connectivity index (χ0v) is 27.5. The fourth-order valence-corrected chi connectivity index (χ4v) is 7.22. The van der Waals surface area contributed by atoms with E-state index in [1.807, 2.05) is 27.7 Å². The first-order valence-electron chi connectivity index (χ1n) is 15.0. The standard InChI is InChI=1S/C28H44N5O11P/c1-15(2)12-18(23(34)39-6)31-45(38,32-19(13-16(3)4)24(35)40-7)41-14-20-22-28(5,44-27(37)43-22)25(42-20)33-11-10-21(30-26(33)36)29-17-8-9-17/h10-11,15-20,22,25H,8-9,12-14H2,1-7H3,(H,29,30,36)(H2,31,32,38)/t18?,19?,20-,22?,25?,28?,45?/m1/s1. The molecule has 0 aromatic carbocycles. The third kappa shape index (κ3) is 8.41. The van der Waals surface area contributed by atoms with E-state index in [4.69, 9.17) is 28.2 Å². The van der Waals surface area contributed by atoms with Gasteiger partial charge in [0.15, 0.2) is 17.9 Å². The van der Waals surface area contributed by atoms with Crippen molar-refractivity contribution in [1.82, 2.24) is 19.7 Å². The van der Waals surface area contributed by atoms with Crippen molar-refractivity contribution >= 4 is 31.6 Å². The highest BCUT2D eigenvalue weighted by molar-refractivity contribution is 7.54. The number of aromatic nitrogens is 2. The molecule has 252 valence electrons. The van der Waals surface area contributed by atoms with Gasteiger partial charge in [-0.3, -0.25) is 18.7 Å². The van der Waals surface area contributed by atoms with Gasteiger partial charge in [0.1, 0.15) is 24.0 Å². The van der Waals surface area contributed by atoms with Crippen molar-refractivity contribution in [3.05, 3.63) is 22.7 Å². The largest absolute Gasteiger partial charge is 0.509 e. The summed E-state index contributed by atoms with van der Waals surface area (Å²) in [6, 6.07) is -0.227. The molecule has 0 spiro atoms. The number of nitrogens with zero attached hydrogens (tertiary/aromatic N) is 2. The summed E-state index contributed by atoms with van der Waals surface area (Å²) < 4.78 is 48.5. The first-order chi connectivity index (χ1) is 21.2. The molecule has 3 aliphatic rings. The van der Waals surface area contributed by atoms with Crippen LogP contribution in [0.15, 0.2) is 17.1 Å². The lowest BCUT2D eigenvalue weighted by molar-refractivity contribution is -0.143. The highest BCUT2D eigenvalue weighted by atomic mass is 31.2. The number of fused-ring (bicyclic) bond motifs is 1. The number of hydrogen-bond acceptors (Lipinski definition) is 13. The molecular formula is C28H44N5O11P. The summed E-state index contributed by atoms with van der Waals surface area (Å²) in [7, 11) is -1.86. The normalized spacial score (nSPS) is 26.9. The molecule has 0 amide bonds. The van der Waals surface area contributed by atoms with Crippen molar-refractivity contribution in [3.63, 3.8) is 0 Å². The zero-order valence-electron chi connectivity index (χ0n) is 26.6. The van der Waals surface area contributed by atoms with Gasteiger partial charge in [-0.05, 0) is 50.5 Å². The highest BCUT2D eigenvalue weighted by Crippen LogP contribution is 2.48. The molecular weight excluding hydrogens is 613 g/mol. The van der Waals surface area contributed by atoms with Crippen LogP contribution in [0.3, 0.4) is 0 Å². The van der Waals surface area contributed by atoms with Crippen LogP contribution in [0.25, 0.3) is 0 Å². The fraction of sp³-hybridized carbons (Fsp3) is 0.750. The van der Waals surface area contributed by atoms with Gasteiger partial charge in [0.25, 0.3) is 0 Å². The predicted octanol–water partition coefficient (Wildman–Crippen LogP) is 2.49. The van der Waals surface area contributed by atoms with Gasteiger partial charge in [-0.1, -0.05) is 27.7 Å². The molecule has 17 heteroatoms.